The number of halogens is 2. The van der Waals surface area contributed by atoms with Crippen molar-refractivity contribution in [2.75, 3.05) is 7.11 Å². The van der Waals surface area contributed by atoms with E-state index >= 15 is 0 Å². The van der Waals surface area contributed by atoms with Crippen LogP contribution in [-0.2, 0) is 16.1 Å². The van der Waals surface area contributed by atoms with Crippen LogP contribution < -0.4 is 9.47 Å². The number of hydrogen-bond donors (Lipinski definition) is 0. The Kier molecular flexibility index (Phi) is 6.43. The average Bonchev–Trinajstić information content (AvgIpc) is 2.43. The van der Waals surface area contributed by atoms with Crippen LogP contribution in [0.25, 0.3) is 0 Å². The zero-order chi connectivity index (χ0) is 17.6. The third-order valence-electron chi connectivity index (χ3n) is 2.55. The summed E-state index contributed by atoms with van der Waals surface area (Å²) >= 11 is 0. The molecule has 0 aliphatic carbocycles. The molecule has 9 heteroatoms. The van der Waals surface area contributed by atoms with E-state index in [4.69, 9.17) is 9.47 Å². The van der Waals surface area contributed by atoms with Gasteiger partial charge in [0.25, 0.3) is 5.69 Å². The quantitative estimate of drug-likeness (QED) is 0.330. The molecule has 126 valence electrons. The van der Waals surface area contributed by atoms with Crippen molar-refractivity contribution >= 4 is 11.7 Å². The normalized spacial score (nSPS) is 10.2. The molecule has 0 bridgehead atoms. The highest BCUT2D eigenvalue weighted by atomic mass is 19.3. The third kappa shape index (κ3) is 5.53. The van der Waals surface area contributed by atoms with Gasteiger partial charge in [-0.15, -0.1) is 0 Å². The van der Waals surface area contributed by atoms with Gasteiger partial charge in [-0.25, -0.2) is 4.79 Å². The van der Waals surface area contributed by atoms with Crippen LogP contribution in [0.2, 0.25) is 0 Å². The highest BCUT2D eigenvalue weighted by Gasteiger charge is 2.22. The summed E-state index contributed by atoms with van der Waals surface area (Å²) in [7, 11) is 1.19. The van der Waals surface area contributed by atoms with Gasteiger partial charge in [0, 0.05) is 6.08 Å². The Morgan fingerprint density at radius 2 is 2.00 bits per heavy atom. The summed E-state index contributed by atoms with van der Waals surface area (Å²) in [6.45, 7) is -0.207. The van der Waals surface area contributed by atoms with Crippen LogP contribution in [0.4, 0.5) is 14.5 Å². The molecule has 0 aliphatic heterocycles. The maximum absolute atomic E-state index is 12.3. The monoisotopic (exact) mass is 331 g/mol. The smallest absolute Gasteiger partial charge is 0.387 e. The predicted octanol–water partition coefficient (Wildman–Crippen LogP) is 3.21. The first kappa shape index (κ1) is 18.3. The molecular weight excluding hydrogens is 316 g/mol. The van der Waals surface area contributed by atoms with Crippen molar-refractivity contribution < 1.29 is 32.7 Å². The number of ether oxygens (including phenoxy) is 3. The Balaban J connectivity index is 3.12. The van der Waals surface area contributed by atoms with Crippen molar-refractivity contribution in [1.82, 2.24) is 0 Å². The Morgan fingerprint density at radius 3 is 2.48 bits per heavy atom. The van der Waals surface area contributed by atoms with E-state index in [2.05, 4.69) is 4.74 Å². The van der Waals surface area contributed by atoms with E-state index in [0.717, 1.165) is 12.1 Å². The molecule has 7 nitrogen and oxygen atoms in total. The predicted molar refractivity (Wildman–Crippen MR) is 75.5 cm³/mol. The number of hydrogen-bond acceptors (Lipinski definition) is 6. The summed E-state index contributed by atoms with van der Waals surface area (Å²) in [5.74, 6) is -1.29. The van der Waals surface area contributed by atoms with Gasteiger partial charge in [-0.3, -0.25) is 10.1 Å². The van der Waals surface area contributed by atoms with Crippen LogP contribution >= 0.6 is 0 Å². The Morgan fingerprint density at radius 1 is 1.35 bits per heavy atom. The summed E-state index contributed by atoms with van der Waals surface area (Å²) in [5, 5.41) is 11.1. The Bertz CT molecular complexity index is 626. The molecule has 0 unspecified atom stereocenters. The number of carbonyl (C=O) groups excluding carboxylic acids is 1. The molecule has 0 spiro atoms. The number of nitro groups is 1. The number of alkyl halides is 2. The maximum Gasteiger partial charge on any atom is 0.387 e. The second-order valence-corrected chi connectivity index (χ2v) is 4.60. The topological polar surface area (TPSA) is 87.9 Å². The number of rotatable bonds is 7. The number of nitrogens with zero attached hydrogens (tertiary/aromatic N) is 1. The molecule has 0 radical (unpaired) electrons. The van der Waals surface area contributed by atoms with Crippen molar-refractivity contribution in [2.24, 2.45) is 0 Å². The number of allylic oxidation sites excluding steroid dienone is 1. The molecule has 0 fully saturated rings. The lowest BCUT2D eigenvalue weighted by Gasteiger charge is -2.12. The van der Waals surface area contributed by atoms with Crippen LogP contribution in [0.5, 0.6) is 11.5 Å². The molecule has 0 saturated heterocycles. The van der Waals surface area contributed by atoms with E-state index in [9.17, 15) is 23.7 Å². The van der Waals surface area contributed by atoms with Crippen LogP contribution in [0, 0.1) is 10.1 Å². The average molecular weight is 331 g/mol. The van der Waals surface area contributed by atoms with Crippen molar-refractivity contribution in [1.29, 1.82) is 0 Å². The fraction of sp³-hybridized carbons (Fsp3) is 0.357. The van der Waals surface area contributed by atoms with Crippen LogP contribution in [-0.4, -0.2) is 24.6 Å². The molecule has 0 N–H and O–H groups in total. The molecule has 1 aromatic carbocycles. The van der Waals surface area contributed by atoms with E-state index in [-0.39, 0.29) is 11.3 Å². The second-order valence-electron chi connectivity index (χ2n) is 4.60. The summed E-state index contributed by atoms with van der Waals surface area (Å²) in [6.07, 6.45) is 1.22. The summed E-state index contributed by atoms with van der Waals surface area (Å²) < 4.78 is 38.6. The van der Waals surface area contributed by atoms with Gasteiger partial charge in [-0.05, 0) is 19.9 Å². The lowest BCUT2D eigenvalue weighted by atomic mass is 10.1. The molecule has 1 aromatic rings. The number of carbonyl (C=O) groups is 1. The molecular formula is C14H15F2NO6. The zero-order valence-corrected chi connectivity index (χ0v) is 12.7. The van der Waals surface area contributed by atoms with Crippen LogP contribution in [0.3, 0.4) is 0 Å². The maximum atomic E-state index is 12.3. The largest absolute Gasteiger partial charge is 0.493 e. The van der Waals surface area contributed by atoms with Crippen molar-refractivity contribution in [3.05, 3.63) is 39.5 Å². The van der Waals surface area contributed by atoms with Gasteiger partial charge in [0.05, 0.1) is 23.7 Å². The molecule has 0 aromatic heterocycles. The minimum atomic E-state index is -3.16. The summed E-state index contributed by atoms with van der Waals surface area (Å²) in [4.78, 5) is 21.7. The summed E-state index contributed by atoms with van der Waals surface area (Å²) in [5.41, 5.74) is 0.165. The van der Waals surface area contributed by atoms with Crippen molar-refractivity contribution in [2.45, 2.75) is 27.1 Å². The third-order valence-corrected chi connectivity index (χ3v) is 2.55. The van der Waals surface area contributed by atoms with Gasteiger partial charge in [-0.2, -0.15) is 8.78 Å². The molecule has 0 heterocycles. The van der Waals surface area contributed by atoms with Gasteiger partial charge in [-0.1, -0.05) is 5.57 Å². The van der Waals surface area contributed by atoms with E-state index in [0.29, 0.717) is 5.57 Å². The van der Waals surface area contributed by atoms with E-state index in [1.807, 2.05) is 0 Å². The van der Waals surface area contributed by atoms with Crippen molar-refractivity contribution in [3.8, 4) is 11.5 Å². The molecule has 0 saturated carbocycles. The van der Waals surface area contributed by atoms with E-state index in [1.54, 1.807) is 13.8 Å². The zero-order valence-electron chi connectivity index (χ0n) is 12.7. The first-order valence-electron chi connectivity index (χ1n) is 6.36. The Labute approximate surface area is 130 Å². The first-order valence-corrected chi connectivity index (χ1v) is 6.36. The van der Waals surface area contributed by atoms with Gasteiger partial charge in [0.2, 0.25) is 0 Å². The standard InChI is InChI=1S/C14H15F2NO6/c1-8(2)4-13(18)22-7-9-5-11(21-3)12(23-14(15)16)6-10(9)17(19)20/h4-6,14H,7H2,1-3H3. The highest BCUT2D eigenvalue weighted by Crippen LogP contribution is 2.36. The molecule has 23 heavy (non-hydrogen) atoms. The molecule has 1 rings (SSSR count). The van der Waals surface area contributed by atoms with Gasteiger partial charge in [0.1, 0.15) is 6.61 Å². The van der Waals surface area contributed by atoms with Gasteiger partial charge < -0.3 is 14.2 Å². The minimum Gasteiger partial charge on any atom is -0.493 e. The van der Waals surface area contributed by atoms with E-state index < -0.39 is 35.5 Å². The van der Waals surface area contributed by atoms with E-state index in [1.165, 1.54) is 13.2 Å². The minimum absolute atomic E-state index is 0.0102. The fourth-order valence-corrected chi connectivity index (χ4v) is 1.65. The lowest BCUT2D eigenvalue weighted by Crippen LogP contribution is -2.07. The highest BCUT2D eigenvalue weighted by molar-refractivity contribution is 5.82. The molecule has 0 atom stereocenters. The number of methoxy groups -OCH3 is 1. The fourth-order valence-electron chi connectivity index (χ4n) is 1.65. The number of esters is 1. The van der Waals surface area contributed by atoms with Gasteiger partial charge in [0.15, 0.2) is 11.5 Å². The lowest BCUT2D eigenvalue weighted by molar-refractivity contribution is -0.386. The Hall–Kier alpha value is -2.71. The van der Waals surface area contributed by atoms with Crippen molar-refractivity contribution in [3.63, 3.8) is 0 Å². The molecule has 0 aliphatic rings. The first-order chi connectivity index (χ1) is 10.7. The van der Waals surface area contributed by atoms with Crippen LogP contribution in [0.15, 0.2) is 23.8 Å². The number of nitro benzene ring substituents is 1. The SMILES string of the molecule is COc1cc(COC(=O)C=C(C)C)c([N+](=O)[O-])cc1OC(F)F. The van der Waals surface area contributed by atoms with Gasteiger partial charge >= 0.3 is 12.6 Å². The summed E-state index contributed by atoms with van der Waals surface area (Å²) in [6, 6.07) is 1.92. The molecule has 0 amide bonds. The second kappa shape index (κ2) is 8.06. The van der Waals surface area contributed by atoms with Crippen LogP contribution in [0.1, 0.15) is 19.4 Å². The number of benzene rings is 1.